The highest BCUT2D eigenvalue weighted by atomic mass is 32.2. The number of carbonyl (C=O) groups excluding carboxylic acids is 1. The van der Waals surface area contributed by atoms with Crippen molar-refractivity contribution in [1.82, 2.24) is 4.72 Å². The number of rotatable bonds is 2. The van der Waals surface area contributed by atoms with Gasteiger partial charge in [0.2, 0.25) is 5.91 Å². The lowest BCUT2D eigenvalue weighted by molar-refractivity contribution is -0.119. The molecule has 1 aromatic carbocycles. The molecule has 1 heterocycles. The molecule has 0 spiro atoms. The average molecular weight is 239 g/mol. The third-order valence-electron chi connectivity index (χ3n) is 2.46. The third-order valence-corrected chi connectivity index (χ3v) is 3.39. The third kappa shape index (κ3) is 2.09. The summed E-state index contributed by atoms with van der Waals surface area (Å²) < 4.78 is 13.2. The number of hydrogen-bond donors (Lipinski definition) is 1. The normalized spacial score (nSPS) is 14.8. The second kappa shape index (κ2) is 4.65. The van der Waals surface area contributed by atoms with Gasteiger partial charge in [-0.05, 0) is 36.1 Å². The van der Waals surface area contributed by atoms with Crippen LogP contribution < -0.4 is 14.2 Å². The molecule has 0 aromatic heterocycles. The predicted octanol–water partition coefficient (Wildman–Crippen LogP) is 1.77. The van der Waals surface area contributed by atoms with E-state index in [2.05, 4.69) is 4.72 Å². The van der Waals surface area contributed by atoms with Gasteiger partial charge in [0, 0.05) is 11.3 Å². The highest BCUT2D eigenvalue weighted by Gasteiger charge is 2.16. The van der Waals surface area contributed by atoms with Crippen LogP contribution in [-0.2, 0) is 11.2 Å². The van der Waals surface area contributed by atoms with E-state index in [9.17, 15) is 4.79 Å². The van der Waals surface area contributed by atoms with Crippen LogP contribution >= 0.6 is 11.9 Å². The van der Waals surface area contributed by atoms with Crippen molar-refractivity contribution in [2.45, 2.75) is 17.7 Å². The Morgan fingerprint density at radius 1 is 1.19 bits per heavy atom. The van der Waals surface area contributed by atoms with Crippen LogP contribution in [0.3, 0.4) is 0 Å². The Hall–Kier alpha value is -1.36. The zero-order valence-corrected chi connectivity index (χ0v) is 10.0. The second-order valence-corrected chi connectivity index (χ2v) is 4.29. The quantitative estimate of drug-likeness (QED) is 0.799. The van der Waals surface area contributed by atoms with Gasteiger partial charge in [0.05, 0.1) is 14.2 Å². The fourth-order valence-corrected chi connectivity index (χ4v) is 2.39. The van der Waals surface area contributed by atoms with E-state index in [0.29, 0.717) is 17.9 Å². The molecule has 0 fully saturated rings. The highest BCUT2D eigenvalue weighted by molar-refractivity contribution is 7.98. The van der Waals surface area contributed by atoms with Crippen LogP contribution in [0.15, 0.2) is 17.0 Å². The fraction of sp³-hybridized carbons (Fsp3) is 0.364. The van der Waals surface area contributed by atoms with Gasteiger partial charge in [-0.25, -0.2) is 0 Å². The van der Waals surface area contributed by atoms with Gasteiger partial charge >= 0.3 is 0 Å². The lowest BCUT2D eigenvalue weighted by Gasteiger charge is -2.11. The first kappa shape index (κ1) is 11.1. The van der Waals surface area contributed by atoms with Crippen LogP contribution in [-0.4, -0.2) is 20.1 Å². The molecule has 86 valence electrons. The molecule has 2 rings (SSSR count). The molecule has 1 amide bonds. The smallest absolute Gasteiger partial charge is 0.230 e. The maximum Gasteiger partial charge on any atom is 0.230 e. The van der Waals surface area contributed by atoms with Gasteiger partial charge in [0.15, 0.2) is 11.5 Å². The molecule has 0 radical (unpaired) electrons. The summed E-state index contributed by atoms with van der Waals surface area (Å²) in [5, 5.41) is 0. The molecule has 1 aromatic rings. The summed E-state index contributed by atoms with van der Waals surface area (Å²) in [5.41, 5.74) is 1.11. The van der Waals surface area contributed by atoms with Gasteiger partial charge in [0.25, 0.3) is 0 Å². The van der Waals surface area contributed by atoms with E-state index in [0.717, 1.165) is 16.9 Å². The minimum absolute atomic E-state index is 0.0548. The molecule has 0 atom stereocenters. The molecule has 1 aliphatic rings. The van der Waals surface area contributed by atoms with Crippen LogP contribution in [0, 0.1) is 0 Å². The molecule has 1 aliphatic heterocycles. The maximum absolute atomic E-state index is 11.3. The average Bonchev–Trinajstić information content (AvgIpc) is 2.50. The number of aryl methyl sites for hydroxylation is 1. The van der Waals surface area contributed by atoms with Crippen molar-refractivity contribution in [1.29, 1.82) is 0 Å². The zero-order chi connectivity index (χ0) is 11.5. The maximum atomic E-state index is 11.3. The van der Waals surface area contributed by atoms with E-state index in [-0.39, 0.29) is 5.91 Å². The Kier molecular flexibility index (Phi) is 3.24. The van der Waals surface area contributed by atoms with Crippen LogP contribution in [0.4, 0.5) is 0 Å². The monoisotopic (exact) mass is 239 g/mol. The van der Waals surface area contributed by atoms with Gasteiger partial charge in [0.1, 0.15) is 0 Å². The Labute approximate surface area is 98.4 Å². The Morgan fingerprint density at radius 3 is 2.56 bits per heavy atom. The Bertz CT molecular complexity index is 383. The Morgan fingerprint density at radius 2 is 1.88 bits per heavy atom. The van der Waals surface area contributed by atoms with E-state index in [1.807, 2.05) is 12.1 Å². The van der Waals surface area contributed by atoms with Crippen molar-refractivity contribution >= 4 is 17.9 Å². The van der Waals surface area contributed by atoms with Crippen molar-refractivity contribution in [2.75, 3.05) is 14.2 Å². The molecule has 1 N–H and O–H groups in total. The highest BCUT2D eigenvalue weighted by Crippen LogP contribution is 2.36. The van der Waals surface area contributed by atoms with Crippen LogP contribution in [0.2, 0.25) is 0 Å². The van der Waals surface area contributed by atoms with E-state index >= 15 is 0 Å². The van der Waals surface area contributed by atoms with Gasteiger partial charge in [-0.15, -0.1) is 0 Å². The SMILES string of the molecule is COc1cc2c(cc1OC)SNC(=O)CC2. The molecule has 0 bridgehead atoms. The molecule has 16 heavy (non-hydrogen) atoms. The minimum Gasteiger partial charge on any atom is -0.493 e. The van der Waals surface area contributed by atoms with E-state index in [4.69, 9.17) is 9.47 Å². The number of methoxy groups -OCH3 is 2. The molecule has 0 aliphatic carbocycles. The van der Waals surface area contributed by atoms with Gasteiger partial charge < -0.3 is 9.47 Å². The molecule has 5 heteroatoms. The first-order valence-corrected chi connectivity index (χ1v) is 5.77. The number of ether oxygens (including phenoxy) is 2. The van der Waals surface area contributed by atoms with Crippen molar-refractivity contribution in [2.24, 2.45) is 0 Å². The number of amides is 1. The summed E-state index contributed by atoms with van der Waals surface area (Å²) in [4.78, 5) is 12.3. The van der Waals surface area contributed by atoms with Gasteiger partial charge in [-0.3, -0.25) is 9.52 Å². The molecular weight excluding hydrogens is 226 g/mol. The molecule has 0 saturated heterocycles. The summed E-state index contributed by atoms with van der Waals surface area (Å²) in [6.07, 6.45) is 1.24. The van der Waals surface area contributed by atoms with Crippen molar-refractivity contribution in [3.63, 3.8) is 0 Å². The lowest BCUT2D eigenvalue weighted by atomic mass is 10.1. The minimum atomic E-state index is 0.0548. The van der Waals surface area contributed by atoms with E-state index < -0.39 is 0 Å². The first-order chi connectivity index (χ1) is 7.74. The largest absolute Gasteiger partial charge is 0.493 e. The summed E-state index contributed by atoms with van der Waals surface area (Å²) >= 11 is 1.33. The van der Waals surface area contributed by atoms with Gasteiger partial charge in [-0.2, -0.15) is 0 Å². The van der Waals surface area contributed by atoms with Crippen LogP contribution in [0.25, 0.3) is 0 Å². The summed E-state index contributed by atoms with van der Waals surface area (Å²) in [7, 11) is 3.21. The Balaban J connectivity index is 2.40. The number of carbonyl (C=O) groups is 1. The summed E-state index contributed by atoms with van der Waals surface area (Å²) in [6.45, 7) is 0. The summed E-state index contributed by atoms with van der Waals surface area (Å²) in [5.74, 6) is 1.44. The topological polar surface area (TPSA) is 47.6 Å². The molecular formula is C11H13NO3S. The molecule has 4 nitrogen and oxygen atoms in total. The standard InChI is InChI=1S/C11H13NO3S/c1-14-8-5-7-3-4-11(13)12-16-10(7)6-9(8)15-2/h5-6H,3-4H2,1-2H3,(H,12,13). The van der Waals surface area contributed by atoms with Crippen LogP contribution in [0.5, 0.6) is 11.5 Å². The zero-order valence-electron chi connectivity index (χ0n) is 9.20. The molecule has 0 unspecified atom stereocenters. The van der Waals surface area contributed by atoms with E-state index in [1.54, 1.807) is 14.2 Å². The fourth-order valence-electron chi connectivity index (χ4n) is 1.60. The lowest BCUT2D eigenvalue weighted by Crippen LogP contribution is -2.12. The van der Waals surface area contributed by atoms with Crippen molar-refractivity contribution in [3.05, 3.63) is 17.7 Å². The number of fused-ring (bicyclic) bond motifs is 1. The number of nitrogens with one attached hydrogen (secondary N) is 1. The second-order valence-electron chi connectivity index (χ2n) is 3.44. The predicted molar refractivity (Wildman–Crippen MR) is 61.9 cm³/mol. The first-order valence-electron chi connectivity index (χ1n) is 4.95. The molecule has 0 saturated carbocycles. The van der Waals surface area contributed by atoms with Gasteiger partial charge in [-0.1, -0.05) is 0 Å². The number of hydrogen-bond acceptors (Lipinski definition) is 4. The van der Waals surface area contributed by atoms with Crippen LogP contribution in [0.1, 0.15) is 12.0 Å². The number of benzene rings is 1. The van der Waals surface area contributed by atoms with Crippen molar-refractivity contribution in [3.8, 4) is 11.5 Å². The summed E-state index contributed by atoms with van der Waals surface area (Å²) in [6, 6.07) is 3.83. The van der Waals surface area contributed by atoms with E-state index in [1.165, 1.54) is 11.9 Å². The van der Waals surface area contributed by atoms with Crippen molar-refractivity contribution < 1.29 is 14.3 Å².